The molecule has 384 valence electrons. The van der Waals surface area contributed by atoms with Crippen LogP contribution in [0.25, 0.3) is 0 Å². The average molecular weight is 926 g/mol. The van der Waals surface area contributed by atoms with Crippen LogP contribution in [0.5, 0.6) is 0 Å². The van der Waals surface area contributed by atoms with Crippen molar-refractivity contribution >= 4 is 17.9 Å². The highest BCUT2D eigenvalue weighted by Crippen LogP contribution is 2.16. The lowest BCUT2D eigenvalue weighted by molar-refractivity contribution is -0.167. The zero-order valence-corrected chi connectivity index (χ0v) is 44.0. The van der Waals surface area contributed by atoms with Gasteiger partial charge in [0.1, 0.15) is 13.2 Å². The van der Waals surface area contributed by atoms with Gasteiger partial charge in [0.2, 0.25) is 0 Å². The summed E-state index contributed by atoms with van der Waals surface area (Å²) in [6, 6.07) is 0. The third-order valence-corrected chi connectivity index (χ3v) is 12.6. The van der Waals surface area contributed by atoms with Crippen LogP contribution in [0.2, 0.25) is 0 Å². The fourth-order valence-electron chi connectivity index (χ4n) is 8.20. The smallest absolute Gasteiger partial charge is 0.306 e. The molecule has 0 aromatic rings. The summed E-state index contributed by atoms with van der Waals surface area (Å²) in [5, 5.41) is 0. The summed E-state index contributed by atoms with van der Waals surface area (Å²) in [7, 11) is 0. The van der Waals surface area contributed by atoms with Gasteiger partial charge in [0.25, 0.3) is 0 Å². The van der Waals surface area contributed by atoms with Crippen molar-refractivity contribution < 1.29 is 28.6 Å². The maximum absolute atomic E-state index is 12.7. The van der Waals surface area contributed by atoms with Crippen LogP contribution in [0.3, 0.4) is 0 Å². The van der Waals surface area contributed by atoms with E-state index in [1.54, 1.807) is 0 Å². The van der Waals surface area contributed by atoms with Crippen LogP contribution in [0.15, 0.2) is 48.6 Å². The number of ether oxygens (including phenoxy) is 3. The van der Waals surface area contributed by atoms with E-state index in [0.717, 1.165) is 83.5 Å². The van der Waals surface area contributed by atoms with E-state index in [2.05, 4.69) is 69.4 Å². The van der Waals surface area contributed by atoms with Crippen molar-refractivity contribution in [3.63, 3.8) is 0 Å². The molecule has 0 fully saturated rings. The Morgan fingerprint density at radius 1 is 0.303 bits per heavy atom. The summed E-state index contributed by atoms with van der Waals surface area (Å²) in [5.41, 5.74) is 0. The van der Waals surface area contributed by atoms with Crippen LogP contribution in [0.1, 0.15) is 297 Å². The van der Waals surface area contributed by atoms with Crippen molar-refractivity contribution in [2.45, 2.75) is 303 Å². The van der Waals surface area contributed by atoms with Crippen molar-refractivity contribution in [1.29, 1.82) is 0 Å². The first-order valence-electron chi connectivity index (χ1n) is 28.6. The molecule has 0 N–H and O–H groups in total. The van der Waals surface area contributed by atoms with E-state index in [-0.39, 0.29) is 31.1 Å². The highest BCUT2D eigenvalue weighted by atomic mass is 16.6. The van der Waals surface area contributed by atoms with Crippen LogP contribution >= 0.6 is 0 Å². The quantitative estimate of drug-likeness (QED) is 0.0262. The predicted octanol–water partition coefficient (Wildman–Crippen LogP) is 19.0. The van der Waals surface area contributed by atoms with Gasteiger partial charge in [0, 0.05) is 19.3 Å². The summed E-state index contributed by atoms with van der Waals surface area (Å²) in [4.78, 5) is 37.7. The molecule has 0 radical (unpaired) electrons. The Bertz CT molecular complexity index is 1150. The molecule has 0 saturated heterocycles. The Labute approximate surface area is 409 Å². The van der Waals surface area contributed by atoms with Crippen molar-refractivity contribution in [3.05, 3.63) is 48.6 Å². The highest BCUT2D eigenvalue weighted by Gasteiger charge is 2.19. The van der Waals surface area contributed by atoms with Gasteiger partial charge < -0.3 is 14.2 Å². The second kappa shape index (κ2) is 55.0. The monoisotopic (exact) mass is 925 g/mol. The van der Waals surface area contributed by atoms with Gasteiger partial charge >= 0.3 is 17.9 Å². The third-order valence-electron chi connectivity index (χ3n) is 12.6. The molecule has 0 heterocycles. The van der Waals surface area contributed by atoms with E-state index in [1.165, 1.54) is 173 Å². The molecule has 6 heteroatoms. The van der Waals surface area contributed by atoms with Crippen molar-refractivity contribution in [2.24, 2.45) is 0 Å². The fourth-order valence-corrected chi connectivity index (χ4v) is 8.20. The third kappa shape index (κ3) is 52.3. The fraction of sp³-hybridized carbons (Fsp3) is 0.817. The van der Waals surface area contributed by atoms with Gasteiger partial charge in [-0.3, -0.25) is 14.4 Å². The molecule has 0 saturated carbocycles. The molecule has 0 rings (SSSR count). The summed E-state index contributed by atoms with van der Waals surface area (Å²) in [5.74, 6) is -0.886. The van der Waals surface area contributed by atoms with E-state index >= 15 is 0 Å². The van der Waals surface area contributed by atoms with Crippen LogP contribution in [-0.4, -0.2) is 37.2 Å². The summed E-state index contributed by atoms with van der Waals surface area (Å²) in [6.45, 7) is 6.54. The highest BCUT2D eigenvalue weighted by molar-refractivity contribution is 5.71. The largest absolute Gasteiger partial charge is 0.462 e. The molecule has 0 spiro atoms. The van der Waals surface area contributed by atoms with Gasteiger partial charge in [-0.05, 0) is 77.0 Å². The molecule has 0 bridgehead atoms. The first-order chi connectivity index (χ1) is 32.5. The lowest BCUT2D eigenvalue weighted by Crippen LogP contribution is -2.30. The normalized spacial score (nSPS) is 12.3. The molecular weight excluding hydrogens is 817 g/mol. The Balaban J connectivity index is 3.94. The number of unbranched alkanes of at least 4 members (excludes halogenated alkanes) is 33. The maximum atomic E-state index is 12.7. The van der Waals surface area contributed by atoms with Gasteiger partial charge in [0.15, 0.2) is 6.10 Å². The van der Waals surface area contributed by atoms with Crippen molar-refractivity contribution in [2.75, 3.05) is 13.2 Å². The summed E-state index contributed by atoms with van der Waals surface area (Å²) >= 11 is 0. The molecule has 0 aliphatic rings. The molecule has 6 nitrogen and oxygen atoms in total. The number of carbonyl (C=O) groups is 3. The van der Waals surface area contributed by atoms with Gasteiger partial charge in [-0.2, -0.15) is 0 Å². The number of hydrogen-bond acceptors (Lipinski definition) is 6. The summed E-state index contributed by atoms with van der Waals surface area (Å²) < 4.78 is 16.7. The molecule has 66 heavy (non-hydrogen) atoms. The number of rotatable bonds is 52. The Kier molecular flexibility index (Phi) is 52.8. The standard InChI is InChI=1S/C60H108O6/c1-4-7-10-13-16-18-20-21-22-23-24-25-26-27-28-29-30-31-32-33-34-35-36-37-38-39-41-42-44-47-50-53-59(62)65-56-57(55-64-58(61)52-49-46-15-12-9-6-3)66-60(63)54-51-48-45-43-40-19-17-14-11-8-5-2/h14,17,20-21,23-24,26-27,57H,4-13,15-16,18-19,22,25,28-56H2,1-3H3/b17-14-,21-20-,24-23-,27-26-. The van der Waals surface area contributed by atoms with Crippen LogP contribution < -0.4 is 0 Å². The van der Waals surface area contributed by atoms with Crippen molar-refractivity contribution in [1.82, 2.24) is 0 Å². The molecule has 1 atom stereocenters. The first kappa shape index (κ1) is 63.4. The van der Waals surface area contributed by atoms with Crippen LogP contribution in [0, 0.1) is 0 Å². The number of allylic oxidation sites excluding steroid dienone is 8. The zero-order chi connectivity index (χ0) is 47.9. The molecule has 0 aliphatic heterocycles. The Hall–Kier alpha value is -2.63. The van der Waals surface area contributed by atoms with E-state index in [1.807, 2.05) is 0 Å². The van der Waals surface area contributed by atoms with Crippen LogP contribution in [0.4, 0.5) is 0 Å². The molecule has 0 amide bonds. The van der Waals surface area contributed by atoms with E-state index < -0.39 is 6.10 Å². The topological polar surface area (TPSA) is 78.9 Å². The number of esters is 3. The first-order valence-corrected chi connectivity index (χ1v) is 28.6. The molecule has 0 aromatic carbocycles. The SMILES string of the molecule is CCCC/C=C\CCCCCCCC(=O)OC(COC(=O)CCCCCCCC)COC(=O)CCCCCCCCCCCCCCCCCC/C=C\C/C=C\C/C=C\CCCCCCC. The molecule has 1 unspecified atom stereocenters. The van der Waals surface area contributed by atoms with Gasteiger partial charge in [-0.1, -0.05) is 249 Å². The van der Waals surface area contributed by atoms with E-state index in [4.69, 9.17) is 14.2 Å². The minimum atomic E-state index is -0.770. The van der Waals surface area contributed by atoms with E-state index in [9.17, 15) is 14.4 Å². The van der Waals surface area contributed by atoms with Crippen molar-refractivity contribution in [3.8, 4) is 0 Å². The minimum Gasteiger partial charge on any atom is -0.462 e. The minimum absolute atomic E-state index is 0.0739. The maximum Gasteiger partial charge on any atom is 0.306 e. The van der Waals surface area contributed by atoms with Gasteiger partial charge in [-0.25, -0.2) is 0 Å². The van der Waals surface area contributed by atoms with Gasteiger partial charge in [-0.15, -0.1) is 0 Å². The zero-order valence-electron chi connectivity index (χ0n) is 44.0. The van der Waals surface area contributed by atoms with E-state index in [0.29, 0.717) is 19.3 Å². The second-order valence-electron chi connectivity index (χ2n) is 19.2. The average Bonchev–Trinajstić information content (AvgIpc) is 3.31. The second-order valence-corrected chi connectivity index (χ2v) is 19.2. The lowest BCUT2D eigenvalue weighted by atomic mass is 10.0. The molecule has 0 aromatic heterocycles. The molecular formula is C60H108O6. The lowest BCUT2D eigenvalue weighted by Gasteiger charge is -2.18. The van der Waals surface area contributed by atoms with Gasteiger partial charge in [0.05, 0.1) is 0 Å². The molecule has 0 aliphatic carbocycles. The Morgan fingerprint density at radius 2 is 0.561 bits per heavy atom. The van der Waals surface area contributed by atoms with Crippen LogP contribution in [-0.2, 0) is 28.6 Å². The number of carbonyl (C=O) groups excluding carboxylic acids is 3. The summed E-state index contributed by atoms with van der Waals surface area (Å²) in [6.07, 6.45) is 67.3. The Morgan fingerprint density at radius 3 is 0.909 bits per heavy atom. The predicted molar refractivity (Wildman–Crippen MR) is 284 cm³/mol. The number of hydrogen-bond donors (Lipinski definition) is 0.